The molecule has 0 atom stereocenters. The number of carbonyl (C=O) groups excluding carboxylic acids is 1. The van der Waals surface area contributed by atoms with Crippen LogP contribution in [0.5, 0.6) is 0 Å². The number of hydrogen-bond acceptors (Lipinski definition) is 6. The molecule has 1 N–H and O–H groups in total. The summed E-state index contributed by atoms with van der Waals surface area (Å²) in [6.45, 7) is 2.66. The number of anilines is 1. The van der Waals surface area contributed by atoms with Gasteiger partial charge in [-0.05, 0) is 42.1 Å². The van der Waals surface area contributed by atoms with Gasteiger partial charge in [0.05, 0.1) is 22.9 Å². The lowest BCUT2D eigenvalue weighted by Gasteiger charge is -2.11. The monoisotopic (exact) mass is 398 g/mol. The van der Waals surface area contributed by atoms with Crippen LogP contribution in [0.15, 0.2) is 45.7 Å². The van der Waals surface area contributed by atoms with Crippen molar-refractivity contribution in [2.24, 2.45) is 0 Å². The van der Waals surface area contributed by atoms with Gasteiger partial charge < -0.3 is 5.32 Å². The minimum atomic E-state index is -0.189. The van der Waals surface area contributed by atoms with Gasteiger partial charge in [-0.15, -0.1) is 11.3 Å². The molecule has 1 aromatic carbocycles. The molecular weight excluding hydrogens is 380 g/mol. The number of thiophene rings is 1. The van der Waals surface area contributed by atoms with E-state index in [9.17, 15) is 9.59 Å². The fourth-order valence-corrected chi connectivity index (χ4v) is 4.11. The summed E-state index contributed by atoms with van der Waals surface area (Å²) in [7, 11) is 0. The third kappa shape index (κ3) is 4.56. The Morgan fingerprint density at radius 2 is 2.11 bits per heavy atom. The Hall–Kier alpha value is -2.63. The van der Waals surface area contributed by atoms with Crippen molar-refractivity contribution >= 4 is 44.9 Å². The Morgan fingerprint density at radius 3 is 2.81 bits per heavy atom. The lowest BCUT2D eigenvalue weighted by Crippen LogP contribution is -2.23. The second-order valence-electron chi connectivity index (χ2n) is 5.87. The van der Waals surface area contributed by atoms with Crippen LogP contribution in [0.25, 0.3) is 10.2 Å². The highest BCUT2D eigenvalue weighted by Crippen LogP contribution is 2.21. The highest BCUT2D eigenvalue weighted by molar-refractivity contribution is 7.99. The fraction of sp³-hybridized carbons (Fsp3) is 0.263. The molecule has 3 rings (SSSR count). The van der Waals surface area contributed by atoms with Crippen LogP contribution in [0.1, 0.15) is 25.3 Å². The van der Waals surface area contributed by atoms with E-state index in [-0.39, 0.29) is 17.2 Å². The zero-order chi connectivity index (χ0) is 19.2. The molecule has 0 fully saturated rings. The number of nitrogens with one attached hydrogen (secondary N) is 1. The van der Waals surface area contributed by atoms with E-state index in [1.165, 1.54) is 23.1 Å². The number of benzene rings is 1. The molecule has 0 aliphatic rings. The van der Waals surface area contributed by atoms with Gasteiger partial charge in [-0.1, -0.05) is 25.1 Å². The summed E-state index contributed by atoms with van der Waals surface area (Å²) < 4.78 is 2.32. The average Bonchev–Trinajstić information content (AvgIpc) is 3.15. The topological polar surface area (TPSA) is 87.8 Å². The third-order valence-corrected chi connectivity index (χ3v) is 5.76. The van der Waals surface area contributed by atoms with Crippen molar-refractivity contribution in [3.63, 3.8) is 0 Å². The predicted molar refractivity (Wildman–Crippen MR) is 109 cm³/mol. The first-order valence-corrected chi connectivity index (χ1v) is 10.4. The van der Waals surface area contributed by atoms with Crippen LogP contribution in [0, 0.1) is 11.3 Å². The van der Waals surface area contributed by atoms with E-state index in [1.54, 1.807) is 28.8 Å². The van der Waals surface area contributed by atoms with E-state index >= 15 is 0 Å². The van der Waals surface area contributed by atoms with E-state index in [2.05, 4.69) is 17.2 Å². The summed E-state index contributed by atoms with van der Waals surface area (Å²) in [5, 5.41) is 14.0. The zero-order valence-electron chi connectivity index (χ0n) is 14.8. The maximum Gasteiger partial charge on any atom is 0.272 e. The summed E-state index contributed by atoms with van der Waals surface area (Å²) in [5.41, 5.74) is 1.80. The van der Waals surface area contributed by atoms with Crippen molar-refractivity contribution in [3.05, 3.63) is 51.6 Å². The van der Waals surface area contributed by atoms with Crippen LogP contribution in [0.2, 0.25) is 0 Å². The molecular formula is C19H18N4O2S2. The lowest BCUT2D eigenvalue weighted by atomic mass is 10.2. The first-order valence-electron chi connectivity index (χ1n) is 8.53. The quantitative estimate of drug-likeness (QED) is 0.482. The van der Waals surface area contributed by atoms with E-state index in [1.807, 2.05) is 17.5 Å². The Kier molecular flexibility index (Phi) is 6.27. The van der Waals surface area contributed by atoms with E-state index < -0.39 is 0 Å². The van der Waals surface area contributed by atoms with Crippen LogP contribution >= 0.6 is 23.1 Å². The number of amides is 1. The number of unbranched alkanes of at least 4 members (excludes halogenated alkanes) is 1. The summed E-state index contributed by atoms with van der Waals surface area (Å²) in [5.74, 6) is -0.0415. The molecule has 0 saturated carbocycles. The molecule has 0 aliphatic carbocycles. The average molecular weight is 399 g/mol. The molecule has 8 heteroatoms. The smallest absolute Gasteiger partial charge is 0.272 e. The predicted octanol–water partition coefficient (Wildman–Crippen LogP) is 3.86. The van der Waals surface area contributed by atoms with Gasteiger partial charge in [-0.25, -0.2) is 4.98 Å². The first kappa shape index (κ1) is 19.1. The number of hydrogen-bond donors (Lipinski definition) is 1. The number of nitriles is 1. The van der Waals surface area contributed by atoms with Gasteiger partial charge in [-0.3, -0.25) is 14.2 Å². The van der Waals surface area contributed by atoms with Crippen LogP contribution < -0.4 is 10.9 Å². The summed E-state index contributed by atoms with van der Waals surface area (Å²) >= 11 is 2.65. The molecule has 2 aromatic heterocycles. The molecule has 3 aromatic rings. The third-order valence-electron chi connectivity index (χ3n) is 3.90. The van der Waals surface area contributed by atoms with Gasteiger partial charge in [0.2, 0.25) is 5.91 Å². The second kappa shape index (κ2) is 8.84. The van der Waals surface area contributed by atoms with Crippen molar-refractivity contribution < 1.29 is 4.79 Å². The maximum absolute atomic E-state index is 12.7. The zero-order valence-corrected chi connectivity index (χ0v) is 16.4. The van der Waals surface area contributed by atoms with Crippen molar-refractivity contribution in [2.75, 3.05) is 11.1 Å². The molecule has 0 spiro atoms. The van der Waals surface area contributed by atoms with Crippen molar-refractivity contribution in [2.45, 2.75) is 31.5 Å². The van der Waals surface area contributed by atoms with Gasteiger partial charge in [-0.2, -0.15) is 5.26 Å². The second-order valence-corrected chi connectivity index (χ2v) is 7.72. The number of carbonyl (C=O) groups is 1. The minimum Gasteiger partial charge on any atom is -0.325 e. The number of rotatable bonds is 7. The molecule has 0 unspecified atom stereocenters. The van der Waals surface area contributed by atoms with Crippen LogP contribution in [0.3, 0.4) is 0 Å². The van der Waals surface area contributed by atoms with Gasteiger partial charge in [0, 0.05) is 12.2 Å². The minimum absolute atomic E-state index is 0.0431. The van der Waals surface area contributed by atoms with Crippen LogP contribution in [-0.4, -0.2) is 21.2 Å². The van der Waals surface area contributed by atoms with Crippen molar-refractivity contribution in [3.8, 4) is 6.07 Å². The van der Waals surface area contributed by atoms with E-state index in [0.717, 1.165) is 12.8 Å². The standard InChI is InChI=1S/C19H18N4O2S2/c1-2-3-9-23-18(25)17-15(8-10-26-17)22-19(23)27-12-16(24)21-14-6-4-13(11-20)5-7-14/h4-8,10H,2-3,9,12H2,1H3,(H,21,24). The van der Waals surface area contributed by atoms with Crippen molar-refractivity contribution in [1.82, 2.24) is 9.55 Å². The molecule has 2 heterocycles. The van der Waals surface area contributed by atoms with Gasteiger partial charge in [0.15, 0.2) is 5.16 Å². The lowest BCUT2D eigenvalue weighted by molar-refractivity contribution is -0.113. The number of nitrogens with zero attached hydrogens (tertiary/aromatic N) is 3. The van der Waals surface area contributed by atoms with Gasteiger partial charge in [0.1, 0.15) is 4.70 Å². The Balaban J connectivity index is 1.74. The Labute approximate surface area is 164 Å². The van der Waals surface area contributed by atoms with E-state index in [0.29, 0.717) is 33.2 Å². The highest BCUT2D eigenvalue weighted by Gasteiger charge is 2.14. The summed E-state index contributed by atoms with van der Waals surface area (Å²) in [6, 6.07) is 10.5. The largest absolute Gasteiger partial charge is 0.325 e. The van der Waals surface area contributed by atoms with E-state index in [4.69, 9.17) is 5.26 Å². The Morgan fingerprint density at radius 1 is 1.33 bits per heavy atom. The molecule has 1 amide bonds. The molecule has 138 valence electrons. The summed E-state index contributed by atoms with van der Waals surface area (Å²) in [4.78, 5) is 29.5. The number of fused-ring (bicyclic) bond motifs is 1. The number of aromatic nitrogens is 2. The van der Waals surface area contributed by atoms with Crippen molar-refractivity contribution in [1.29, 1.82) is 5.26 Å². The van der Waals surface area contributed by atoms with Crippen LogP contribution in [-0.2, 0) is 11.3 Å². The fourth-order valence-electron chi connectivity index (χ4n) is 2.50. The molecule has 6 nitrogen and oxygen atoms in total. The molecule has 0 radical (unpaired) electrons. The molecule has 0 aliphatic heterocycles. The van der Waals surface area contributed by atoms with Gasteiger partial charge in [0.25, 0.3) is 5.56 Å². The Bertz CT molecular complexity index is 1050. The molecule has 27 heavy (non-hydrogen) atoms. The first-order chi connectivity index (χ1) is 13.1. The molecule has 0 saturated heterocycles. The summed E-state index contributed by atoms with van der Waals surface area (Å²) in [6.07, 6.45) is 1.85. The maximum atomic E-state index is 12.7. The van der Waals surface area contributed by atoms with Gasteiger partial charge >= 0.3 is 0 Å². The normalized spacial score (nSPS) is 10.7. The molecule has 0 bridgehead atoms. The number of thioether (sulfide) groups is 1. The SMILES string of the molecule is CCCCn1c(SCC(=O)Nc2ccc(C#N)cc2)nc2ccsc2c1=O. The highest BCUT2D eigenvalue weighted by atomic mass is 32.2. The van der Waals surface area contributed by atoms with Crippen LogP contribution in [0.4, 0.5) is 5.69 Å².